The molecule has 0 aliphatic carbocycles. The fraction of sp³-hybridized carbons (Fsp3) is 0.647. The van der Waals surface area contributed by atoms with Crippen molar-refractivity contribution in [1.82, 2.24) is 9.80 Å². The van der Waals surface area contributed by atoms with Gasteiger partial charge in [-0.2, -0.15) is 0 Å². The number of hydrogen-bond donors (Lipinski definition) is 0. The molecular formula is C17H24N2O2S2. The third kappa shape index (κ3) is 3.58. The van der Waals surface area contributed by atoms with E-state index < -0.39 is 0 Å². The summed E-state index contributed by atoms with van der Waals surface area (Å²) >= 11 is 3.22. The number of thiophene rings is 1. The third-order valence-corrected chi connectivity index (χ3v) is 6.61. The van der Waals surface area contributed by atoms with Crippen LogP contribution in [0.4, 0.5) is 0 Å². The molecule has 126 valence electrons. The predicted octanol–water partition coefficient (Wildman–Crippen LogP) is 3.30. The standard InChI is InChI=1S/C17H24N2O2S2/c1-12(2)10-15-19(17(21)14-6-5-9-22-14)13(11-23-15)16(20)18-7-3-4-8-18/h5-6,9,12-13,15H,3-4,7-8,10-11H2,1-2H3. The Balaban J connectivity index is 1.82. The lowest BCUT2D eigenvalue weighted by molar-refractivity contribution is -0.134. The minimum Gasteiger partial charge on any atom is -0.341 e. The second kappa shape index (κ2) is 7.26. The van der Waals surface area contributed by atoms with Crippen LogP contribution in [0.25, 0.3) is 0 Å². The number of amides is 2. The zero-order valence-corrected chi connectivity index (χ0v) is 15.4. The highest BCUT2D eigenvalue weighted by atomic mass is 32.2. The van der Waals surface area contributed by atoms with E-state index in [-0.39, 0.29) is 23.2 Å². The molecule has 2 unspecified atom stereocenters. The normalized spacial score (nSPS) is 24.7. The molecule has 3 heterocycles. The number of carbonyl (C=O) groups is 2. The highest BCUT2D eigenvalue weighted by Crippen LogP contribution is 2.36. The van der Waals surface area contributed by atoms with E-state index in [1.165, 1.54) is 11.3 Å². The molecule has 2 aliphatic rings. The van der Waals surface area contributed by atoms with Crippen LogP contribution in [0.3, 0.4) is 0 Å². The van der Waals surface area contributed by atoms with Gasteiger partial charge in [-0.05, 0) is 36.6 Å². The van der Waals surface area contributed by atoms with Crippen LogP contribution in [0.2, 0.25) is 0 Å². The maximum atomic E-state index is 13.0. The van der Waals surface area contributed by atoms with Crippen LogP contribution in [-0.2, 0) is 4.79 Å². The maximum absolute atomic E-state index is 13.0. The Hall–Kier alpha value is -1.01. The van der Waals surface area contributed by atoms with Crippen LogP contribution in [0.1, 0.15) is 42.8 Å². The van der Waals surface area contributed by atoms with Crippen molar-refractivity contribution < 1.29 is 9.59 Å². The zero-order chi connectivity index (χ0) is 16.4. The van der Waals surface area contributed by atoms with Crippen molar-refractivity contribution in [2.75, 3.05) is 18.8 Å². The van der Waals surface area contributed by atoms with Crippen molar-refractivity contribution in [2.45, 2.75) is 44.5 Å². The Morgan fingerprint density at radius 3 is 2.65 bits per heavy atom. The van der Waals surface area contributed by atoms with Gasteiger partial charge in [0.1, 0.15) is 6.04 Å². The summed E-state index contributed by atoms with van der Waals surface area (Å²) in [6.45, 7) is 6.03. The number of likely N-dealkylation sites (tertiary alicyclic amines) is 1. The van der Waals surface area contributed by atoms with Crippen LogP contribution in [0.5, 0.6) is 0 Å². The molecule has 4 nitrogen and oxygen atoms in total. The molecule has 1 aromatic heterocycles. The van der Waals surface area contributed by atoms with E-state index in [0.717, 1.165) is 43.0 Å². The lowest BCUT2D eigenvalue weighted by Crippen LogP contribution is -2.50. The predicted molar refractivity (Wildman–Crippen MR) is 95.8 cm³/mol. The summed E-state index contributed by atoms with van der Waals surface area (Å²) in [5, 5.41) is 2.03. The lowest BCUT2D eigenvalue weighted by Gasteiger charge is -2.31. The molecule has 0 aromatic carbocycles. The molecule has 23 heavy (non-hydrogen) atoms. The molecule has 0 radical (unpaired) electrons. The third-order valence-electron chi connectivity index (χ3n) is 4.43. The Kier molecular flexibility index (Phi) is 5.31. The monoisotopic (exact) mass is 352 g/mol. The van der Waals surface area contributed by atoms with Gasteiger partial charge in [0, 0.05) is 18.8 Å². The van der Waals surface area contributed by atoms with Gasteiger partial charge in [-0.1, -0.05) is 19.9 Å². The molecule has 2 saturated heterocycles. The van der Waals surface area contributed by atoms with Crippen LogP contribution >= 0.6 is 23.1 Å². The van der Waals surface area contributed by atoms with Gasteiger partial charge in [0.15, 0.2) is 0 Å². The molecule has 3 rings (SSSR count). The Morgan fingerprint density at radius 2 is 2.04 bits per heavy atom. The van der Waals surface area contributed by atoms with E-state index in [0.29, 0.717) is 5.92 Å². The van der Waals surface area contributed by atoms with Gasteiger partial charge >= 0.3 is 0 Å². The van der Waals surface area contributed by atoms with Crippen molar-refractivity contribution in [3.8, 4) is 0 Å². The Labute approximate surface area is 146 Å². The number of nitrogens with zero attached hydrogens (tertiary/aromatic N) is 2. The molecule has 2 amide bonds. The molecule has 0 saturated carbocycles. The van der Waals surface area contributed by atoms with Crippen molar-refractivity contribution >= 4 is 34.9 Å². The number of thioether (sulfide) groups is 1. The summed E-state index contributed by atoms with van der Waals surface area (Å²) in [5.41, 5.74) is 0. The van der Waals surface area contributed by atoms with E-state index >= 15 is 0 Å². The van der Waals surface area contributed by atoms with Gasteiger partial charge in [-0.25, -0.2) is 0 Å². The second-order valence-corrected chi connectivity index (χ2v) is 8.81. The highest BCUT2D eigenvalue weighted by Gasteiger charge is 2.43. The first-order chi connectivity index (χ1) is 11.1. The van der Waals surface area contributed by atoms with Gasteiger partial charge in [-0.3, -0.25) is 9.59 Å². The molecule has 0 N–H and O–H groups in total. The molecular weight excluding hydrogens is 328 g/mol. The van der Waals surface area contributed by atoms with Crippen LogP contribution < -0.4 is 0 Å². The van der Waals surface area contributed by atoms with Crippen molar-refractivity contribution in [3.63, 3.8) is 0 Å². The number of rotatable bonds is 4. The molecule has 6 heteroatoms. The topological polar surface area (TPSA) is 40.6 Å². The molecule has 2 aliphatic heterocycles. The highest BCUT2D eigenvalue weighted by molar-refractivity contribution is 8.00. The minimum absolute atomic E-state index is 0.0215. The summed E-state index contributed by atoms with van der Waals surface area (Å²) in [4.78, 5) is 30.4. The van der Waals surface area contributed by atoms with E-state index in [9.17, 15) is 9.59 Å². The van der Waals surface area contributed by atoms with Crippen molar-refractivity contribution in [3.05, 3.63) is 22.4 Å². The Bertz CT molecular complexity index is 553. The fourth-order valence-electron chi connectivity index (χ4n) is 3.29. The van der Waals surface area contributed by atoms with Crippen LogP contribution in [-0.4, -0.2) is 51.9 Å². The SMILES string of the molecule is CC(C)CC1SCC(C(=O)N2CCCC2)N1C(=O)c1cccs1. The smallest absolute Gasteiger partial charge is 0.265 e. The fourth-order valence-corrected chi connectivity index (χ4v) is 5.59. The first kappa shape index (κ1) is 16.8. The summed E-state index contributed by atoms with van der Waals surface area (Å²) in [6.07, 6.45) is 3.10. The second-order valence-electron chi connectivity index (χ2n) is 6.66. The summed E-state index contributed by atoms with van der Waals surface area (Å²) in [7, 11) is 0. The van der Waals surface area contributed by atoms with E-state index in [2.05, 4.69) is 13.8 Å². The summed E-state index contributed by atoms with van der Waals surface area (Å²) < 4.78 is 0. The molecule has 0 spiro atoms. The molecule has 1 aromatic rings. The number of hydrogen-bond acceptors (Lipinski definition) is 4. The average Bonchev–Trinajstić information content (AvgIpc) is 3.26. The van der Waals surface area contributed by atoms with Gasteiger partial charge in [0.2, 0.25) is 5.91 Å². The van der Waals surface area contributed by atoms with Gasteiger partial charge < -0.3 is 9.80 Å². The lowest BCUT2D eigenvalue weighted by atomic mass is 10.1. The zero-order valence-electron chi connectivity index (χ0n) is 13.7. The quantitative estimate of drug-likeness (QED) is 0.835. The number of carbonyl (C=O) groups excluding carboxylic acids is 2. The maximum Gasteiger partial charge on any atom is 0.265 e. The first-order valence-electron chi connectivity index (χ1n) is 8.34. The van der Waals surface area contributed by atoms with Gasteiger partial charge in [0.05, 0.1) is 10.3 Å². The van der Waals surface area contributed by atoms with Gasteiger partial charge in [-0.15, -0.1) is 23.1 Å². The van der Waals surface area contributed by atoms with E-state index in [1.807, 2.05) is 27.3 Å². The van der Waals surface area contributed by atoms with Gasteiger partial charge in [0.25, 0.3) is 5.91 Å². The van der Waals surface area contributed by atoms with Crippen LogP contribution in [0, 0.1) is 5.92 Å². The largest absolute Gasteiger partial charge is 0.341 e. The molecule has 0 bridgehead atoms. The average molecular weight is 353 g/mol. The van der Waals surface area contributed by atoms with Crippen LogP contribution in [0.15, 0.2) is 17.5 Å². The molecule has 2 fully saturated rings. The molecule has 2 atom stereocenters. The van der Waals surface area contributed by atoms with Crippen molar-refractivity contribution in [2.24, 2.45) is 5.92 Å². The van der Waals surface area contributed by atoms with Crippen molar-refractivity contribution in [1.29, 1.82) is 0 Å². The van der Waals surface area contributed by atoms with E-state index in [4.69, 9.17) is 0 Å². The first-order valence-corrected chi connectivity index (χ1v) is 10.3. The van der Waals surface area contributed by atoms with E-state index in [1.54, 1.807) is 11.8 Å². The Morgan fingerprint density at radius 1 is 1.30 bits per heavy atom. The summed E-state index contributed by atoms with van der Waals surface area (Å²) in [6, 6.07) is 3.46. The minimum atomic E-state index is -0.295. The summed E-state index contributed by atoms with van der Waals surface area (Å²) in [5.74, 6) is 1.40.